The Hall–Kier alpha value is -4.30. The molecular weight excluding hydrogens is 488 g/mol. The molecule has 0 amide bonds. The number of ether oxygens (including phenoxy) is 3. The lowest BCUT2D eigenvalue weighted by molar-refractivity contribution is -0.150. The molecule has 2 aromatic carbocycles. The van der Waals surface area contributed by atoms with Crippen LogP contribution in [0.25, 0.3) is 6.08 Å². The molecule has 1 aliphatic carbocycles. The number of rotatable bonds is 11. The van der Waals surface area contributed by atoms with Gasteiger partial charge in [-0.2, -0.15) is 0 Å². The van der Waals surface area contributed by atoms with Gasteiger partial charge in [-0.3, -0.25) is 9.59 Å². The van der Waals surface area contributed by atoms with Crippen LogP contribution in [0.4, 0.5) is 0 Å². The molecule has 1 N–H and O–H groups in total. The minimum atomic E-state index is -0.737. The maximum absolute atomic E-state index is 12.5. The van der Waals surface area contributed by atoms with Crippen LogP contribution >= 0.6 is 0 Å². The number of carbonyl (C=O) groups is 4. The Bertz CT molecular complexity index is 1220. The van der Waals surface area contributed by atoms with Gasteiger partial charge in [-0.25, -0.2) is 9.59 Å². The molecule has 0 atom stereocenters. The Labute approximate surface area is 221 Å². The van der Waals surface area contributed by atoms with E-state index in [0.717, 1.165) is 32.1 Å². The monoisotopic (exact) mass is 518 g/mol. The predicted molar refractivity (Wildman–Crippen MR) is 140 cm³/mol. The van der Waals surface area contributed by atoms with E-state index in [4.69, 9.17) is 19.3 Å². The van der Waals surface area contributed by atoms with E-state index in [9.17, 15) is 19.2 Å². The van der Waals surface area contributed by atoms with Gasteiger partial charge in [-0.05, 0) is 73.7 Å². The van der Waals surface area contributed by atoms with Crippen LogP contribution in [0.1, 0.15) is 54.4 Å². The van der Waals surface area contributed by atoms with Gasteiger partial charge in [-0.1, -0.05) is 37.8 Å². The molecule has 3 rings (SSSR count). The number of hydrogen-bond acceptors (Lipinski definition) is 8. The van der Waals surface area contributed by atoms with Gasteiger partial charge in [0.15, 0.2) is 5.78 Å². The highest BCUT2D eigenvalue weighted by atomic mass is 16.5. The molecule has 1 aliphatic rings. The zero-order valence-corrected chi connectivity index (χ0v) is 21.0. The van der Waals surface area contributed by atoms with Crippen molar-refractivity contribution >= 4 is 29.8 Å². The lowest BCUT2D eigenvalue weighted by Crippen LogP contribution is -2.22. The summed E-state index contributed by atoms with van der Waals surface area (Å²) in [6, 6.07) is 12.4. The maximum atomic E-state index is 12.5. The normalized spacial score (nSPS) is 13.5. The summed E-state index contributed by atoms with van der Waals surface area (Å²) in [5.74, 6) is -1.73. The van der Waals surface area contributed by atoms with Crippen LogP contribution in [0.15, 0.2) is 78.9 Å². The summed E-state index contributed by atoms with van der Waals surface area (Å²) in [5, 5.41) is 8.91. The number of aliphatic hydroxyl groups is 1. The van der Waals surface area contributed by atoms with Gasteiger partial charge < -0.3 is 19.3 Å². The standard InChI is InChI=1S/C30H30O8/c1-20(18-28(33)36-24-6-4-3-5-7-24)29(34)37-26-15-11-23(12-16-26)27(32)17-10-22-8-13-25(14-9-22)38-30(35)21(2)19-31/h8-17,24,31H,1-7,18-19H2/b17-10+. The molecule has 38 heavy (non-hydrogen) atoms. The van der Waals surface area contributed by atoms with Crippen molar-refractivity contribution in [3.63, 3.8) is 0 Å². The third-order valence-electron chi connectivity index (χ3n) is 5.84. The molecule has 0 aliphatic heterocycles. The first-order chi connectivity index (χ1) is 18.2. The average Bonchev–Trinajstić information content (AvgIpc) is 2.92. The Morgan fingerprint density at radius 1 is 0.816 bits per heavy atom. The summed E-state index contributed by atoms with van der Waals surface area (Å²) in [4.78, 5) is 48.5. The summed E-state index contributed by atoms with van der Waals surface area (Å²) in [6.45, 7) is 6.55. The van der Waals surface area contributed by atoms with E-state index in [1.165, 1.54) is 30.3 Å². The van der Waals surface area contributed by atoms with E-state index in [0.29, 0.717) is 11.1 Å². The smallest absolute Gasteiger partial charge is 0.341 e. The zero-order chi connectivity index (χ0) is 27.5. The van der Waals surface area contributed by atoms with Crippen molar-refractivity contribution in [2.24, 2.45) is 0 Å². The summed E-state index contributed by atoms with van der Waals surface area (Å²) < 4.78 is 15.7. The van der Waals surface area contributed by atoms with Crippen LogP contribution in [-0.4, -0.2) is 41.5 Å². The van der Waals surface area contributed by atoms with E-state index in [-0.39, 0.29) is 41.0 Å². The second-order valence-corrected chi connectivity index (χ2v) is 8.86. The summed E-state index contributed by atoms with van der Waals surface area (Å²) in [5.41, 5.74) is 1.02. The SMILES string of the molecule is C=C(CO)C(=O)Oc1ccc(/C=C/C(=O)c2ccc(OC(=O)C(=C)CC(=O)OC3CCCCC3)cc2)cc1. The number of ketones is 1. The van der Waals surface area contributed by atoms with Crippen LogP contribution < -0.4 is 9.47 Å². The molecule has 0 spiro atoms. The first-order valence-corrected chi connectivity index (χ1v) is 12.3. The molecule has 1 saturated carbocycles. The fourth-order valence-electron chi connectivity index (χ4n) is 3.68. The number of benzene rings is 2. The van der Waals surface area contributed by atoms with Gasteiger partial charge in [0.1, 0.15) is 17.6 Å². The van der Waals surface area contributed by atoms with E-state index >= 15 is 0 Å². The van der Waals surface area contributed by atoms with Crippen molar-refractivity contribution in [1.82, 2.24) is 0 Å². The first kappa shape index (κ1) is 28.3. The van der Waals surface area contributed by atoms with Gasteiger partial charge >= 0.3 is 17.9 Å². The largest absolute Gasteiger partial charge is 0.462 e. The molecule has 1 fully saturated rings. The molecular formula is C30H30O8. The maximum Gasteiger partial charge on any atom is 0.341 e. The second-order valence-electron chi connectivity index (χ2n) is 8.86. The average molecular weight is 519 g/mol. The third kappa shape index (κ3) is 8.67. The summed E-state index contributed by atoms with van der Waals surface area (Å²) >= 11 is 0. The Balaban J connectivity index is 1.48. The second kappa shape index (κ2) is 13.9. The summed E-state index contributed by atoms with van der Waals surface area (Å²) in [7, 11) is 0. The van der Waals surface area contributed by atoms with E-state index in [1.807, 2.05) is 0 Å². The Morgan fingerprint density at radius 3 is 1.95 bits per heavy atom. The van der Waals surface area contributed by atoms with E-state index < -0.39 is 24.5 Å². The quantitative estimate of drug-likeness (QED) is 0.196. The topological polar surface area (TPSA) is 116 Å². The van der Waals surface area contributed by atoms with E-state index in [1.54, 1.807) is 30.3 Å². The van der Waals surface area contributed by atoms with Gasteiger partial charge in [0, 0.05) is 11.1 Å². The highest BCUT2D eigenvalue weighted by molar-refractivity contribution is 6.07. The fraction of sp³-hybridized carbons (Fsp3) is 0.267. The molecule has 0 unspecified atom stereocenters. The molecule has 198 valence electrons. The van der Waals surface area contributed by atoms with Gasteiger partial charge in [0.25, 0.3) is 0 Å². The van der Waals surface area contributed by atoms with Crippen LogP contribution in [-0.2, 0) is 19.1 Å². The first-order valence-electron chi connectivity index (χ1n) is 12.3. The third-order valence-corrected chi connectivity index (χ3v) is 5.84. The lowest BCUT2D eigenvalue weighted by Gasteiger charge is -2.21. The Morgan fingerprint density at radius 2 is 1.37 bits per heavy atom. The van der Waals surface area contributed by atoms with E-state index in [2.05, 4.69) is 13.2 Å². The highest BCUT2D eigenvalue weighted by Gasteiger charge is 2.20. The molecule has 2 aromatic rings. The molecule has 8 nitrogen and oxygen atoms in total. The number of hydrogen-bond donors (Lipinski definition) is 1. The van der Waals surface area contributed by atoms with Crippen molar-refractivity contribution in [3.05, 3.63) is 90.0 Å². The minimum Gasteiger partial charge on any atom is -0.462 e. The number of allylic oxidation sites excluding steroid dienone is 1. The Kier molecular flexibility index (Phi) is 10.3. The highest BCUT2D eigenvalue weighted by Crippen LogP contribution is 2.22. The molecule has 0 heterocycles. The van der Waals surface area contributed by atoms with Gasteiger partial charge in [-0.15, -0.1) is 0 Å². The lowest BCUT2D eigenvalue weighted by atomic mass is 9.98. The zero-order valence-electron chi connectivity index (χ0n) is 21.0. The van der Waals surface area contributed by atoms with Crippen LogP contribution in [0.5, 0.6) is 11.5 Å². The molecule has 0 saturated heterocycles. The van der Waals surface area contributed by atoms with Crippen molar-refractivity contribution in [2.75, 3.05) is 6.61 Å². The number of aliphatic hydroxyl groups excluding tert-OH is 1. The molecule has 0 aromatic heterocycles. The van der Waals surface area contributed by atoms with Crippen molar-refractivity contribution in [2.45, 2.75) is 44.6 Å². The predicted octanol–water partition coefficient (Wildman–Crippen LogP) is 4.76. The van der Waals surface area contributed by atoms with Gasteiger partial charge in [0.2, 0.25) is 0 Å². The van der Waals surface area contributed by atoms with Crippen LogP contribution in [0.3, 0.4) is 0 Å². The minimum absolute atomic E-state index is 0.00647. The fourth-order valence-corrected chi connectivity index (χ4v) is 3.68. The number of esters is 3. The molecule has 0 bridgehead atoms. The van der Waals surface area contributed by atoms with Crippen molar-refractivity contribution in [3.8, 4) is 11.5 Å². The summed E-state index contributed by atoms with van der Waals surface area (Å²) in [6.07, 6.45) is 7.55. The van der Waals surface area contributed by atoms with Crippen LogP contribution in [0, 0.1) is 0 Å². The van der Waals surface area contributed by atoms with Crippen LogP contribution in [0.2, 0.25) is 0 Å². The van der Waals surface area contributed by atoms with Crippen molar-refractivity contribution in [1.29, 1.82) is 0 Å². The number of carbonyl (C=O) groups excluding carboxylic acids is 4. The molecule has 8 heteroatoms. The molecule has 0 radical (unpaired) electrons. The van der Waals surface area contributed by atoms with Gasteiger partial charge in [0.05, 0.1) is 18.6 Å². The van der Waals surface area contributed by atoms with Crippen molar-refractivity contribution < 1.29 is 38.5 Å².